The lowest BCUT2D eigenvalue weighted by Gasteiger charge is -2.07. The van der Waals surface area contributed by atoms with Crippen LogP contribution in [0, 0.1) is 5.92 Å². The fourth-order valence-electron chi connectivity index (χ4n) is 2.50. The minimum Gasteiger partial charge on any atom is -0.300 e. The molecule has 3 nitrogen and oxygen atoms in total. The number of carbonyl (C=O) groups is 2. The number of nitrogens with zero attached hydrogens (tertiary/aromatic N) is 1. The Bertz CT molecular complexity index is 633. The highest BCUT2D eigenvalue weighted by molar-refractivity contribution is 6.03. The zero-order valence-electron chi connectivity index (χ0n) is 9.93. The van der Waals surface area contributed by atoms with Crippen LogP contribution in [0.4, 0.5) is 0 Å². The van der Waals surface area contributed by atoms with Crippen molar-refractivity contribution in [2.24, 2.45) is 5.92 Å². The first-order valence-corrected chi connectivity index (χ1v) is 6.15. The predicted octanol–water partition coefficient (Wildman–Crippen LogP) is 2.79. The van der Waals surface area contributed by atoms with Crippen LogP contribution in [-0.2, 0) is 4.79 Å². The second-order valence-corrected chi connectivity index (χ2v) is 4.75. The van der Waals surface area contributed by atoms with E-state index >= 15 is 0 Å². The van der Waals surface area contributed by atoms with E-state index in [-0.39, 0.29) is 17.5 Å². The molecule has 0 saturated heterocycles. The van der Waals surface area contributed by atoms with Crippen LogP contribution in [0.3, 0.4) is 0 Å². The van der Waals surface area contributed by atoms with Crippen molar-refractivity contribution in [2.45, 2.75) is 19.3 Å². The molecule has 0 aliphatic heterocycles. The van der Waals surface area contributed by atoms with Crippen LogP contribution in [0.5, 0.6) is 0 Å². The van der Waals surface area contributed by atoms with Crippen LogP contribution >= 0.6 is 0 Å². The first kappa shape index (κ1) is 11.1. The number of ketones is 2. The Morgan fingerprint density at radius 3 is 2.94 bits per heavy atom. The van der Waals surface area contributed by atoms with Gasteiger partial charge in [0.05, 0.1) is 5.52 Å². The summed E-state index contributed by atoms with van der Waals surface area (Å²) in [4.78, 5) is 27.7. The number of hydrogen-bond acceptors (Lipinski definition) is 3. The maximum Gasteiger partial charge on any atom is 0.166 e. The Hall–Kier alpha value is -2.03. The Labute approximate surface area is 105 Å². The Balaban J connectivity index is 1.94. The molecule has 0 spiro atoms. The van der Waals surface area contributed by atoms with Gasteiger partial charge in [-0.3, -0.25) is 14.6 Å². The van der Waals surface area contributed by atoms with Crippen LogP contribution in [0.25, 0.3) is 10.9 Å². The van der Waals surface area contributed by atoms with Gasteiger partial charge in [0.2, 0.25) is 0 Å². The Morgan fingerprint density at radius 1 is 1.28 bits per heavy atom. The maximum absolute atomic E-state index is 12.3. The van der Waals surface area contributed by atoms with Gasteiger partial charge < -0.3 is 0 Å². The molecule has 1 atom stereocenters. The summed E-state index contributed by atoms with van der Waals surface area (Å²) in [5, 5.41) is 0.965. The largest absolute Gasteiger partial charge is 0.300 e. The van der Waals surface area contributed by atoms with Gasteiger partial charge in [-0.1, -0.05) is 6.07 Å². The van der Waals surface area contributed by atoms with Crippen molar-refractivity contribution in [3.63, 3.8) is 0 Å². The highest BCUT2D eigenvalue weighted by atomic mass is 16.1. The summed E-state index contributed by atoms with van der Waals surface area (Å²) < 4.78 is 0. The summed E-state index contributed by atoms with van der Waals surface area (Å²) in [6.45, 7) is 0. The van der Waals surface area contributed by atoms with E-state index in [0.29, 0.717) is 24.8 Å². The molecule has 90 valence electrons. The van der Waals surface area contributed by atoms with Crippen molar-refractivity contribution in [3.8, 4) is 0 Å². The van der Waals surface area contributed by atoms with E-state index in [9.17, 15) is 9.59 Å². The molecule has 0 radical (unpaired) electrons. The third kappa shape index (κ3) is 1.92. The van der Waals surface area contributed by atoms with Crippen LogP contribution in [0.1, 0.15) is 29.6 Å². The quantitative estimate of drug-likeness (QED) is 0.757. The first-order valence-electron chi connectivity index (χ1n) is 6.15. The van der Waals surface area contributed by atoms with Crippen LogP contribution < -0.4 is 0 Å². The molecule has 1 aromatic carbocycles. The van der Waals surface area contributed by atoms with Gasteiger partial charge in [0.1, 0.15) is 5.78 Å². The van der Waals surface area contributed by atoms with E-state index in [1.165, 1.54) is 0 Å². The van der Waals surface area contributed by atoms with E-state index in [2.05, 4.69) is 4.98 Å². The van der Waals surface area contributed by atoms with Crippen LogP contribution in [0.2, 0.25) is 0 Å². The smallest absolute Gasteiger partial charge is 0.166 e. The summed E-state index contributed by atoms with van der Waals surface area (Å²) >= 11 is 0. The third-order valence-corrected chi connectivity index (χ3v) is 3.50. The predicted molar refractivity (Wildman–Crippen MR) is 68.4 cm³/mol. The lowest BCUT2D eigenvalue weighted by Crippen LogP contribution is -2.11. The molecular weight excluding hydrogens is 226 g/mol. The zero-order chi connectivity index (χ0) is 12.5. The topological polar surface area (TPSA) is 47.0 Å². The molecule has 3 rings (SSSR count). The average molecular weight is 239 g/mol. The molecule has 0 amide bonds. The molecule has 1 heterocycles. The molecule has 2 aromatic rings. The standard InChI is InChI=1S/C15H13NO2/c17-13-5-3-12(9-13)15(18)11-4-6-14-10(8-11)2-1-7-16-14/h1-2,4,6-8,12H,3,5,9H2. The van der Waals surface area contributed by atoms with Crippen molar-refractivity contribution in [1.82, 2.24) is 4.98 Å². The summed E-state index contributed by atoms with van der Waals surface area (Å²) in [5.41, 5.74) is 1.58. The molecule has 1 fully saturated rings. The summed E-state index contributed by atoms with van der Waals surface area (Å²) in [7, 11) is 0. The highest BCUT2D eigenvalue weighted by Gasteiger charge is 2.28. The third-order valence-electron chi connectivity index (χ3n) is 3.50. The van der Waals surface area contributed by atoms with Crippen molar-refractivity contribution in [1.29, 1.82) is 0 Å². The van der Waals surface area contributed by atoms with Gasteiger partial charge in [0.15, 0.2) is 5.78 Å². The molecule has 18 heavy (non-hydrogen) atoms. The van der Waals surface area contributed by atoms with Crippen LogP contribution in [-0.4, -0.2) is 16.6 Å². The minimum atomic E-state index is -0.119. The summed E-state index contributed by atoms with van der Waals surface area (Å²) in [5.74, 6) is 0.175. The van der Waals surface area contributed by atoms with Crippen LogP contribution in [0.15, 0.2) is 36.5 Å². The fourth-order valence-corrected chi connectivity index (χ4v) is 2.50. The number of rotatable bonds is 2. The fraction of sp³-hybridized carbons (Fsp3) is 0.267. The van der Waals surface area contributed by atoms with Gasteiger partial charge in [-0.05, 0) is 30.7 Å². The number of Topliss-reactive ketones (excluding diaryl/α,β-unsaturated/α-hetero) is 2. The Kier molecular flexibility index (Phi) is 2.67. The molecule has 1 aromatic heterocycles. The normalized spacial score (nSPS) is 19.3. The van der Waals surface area contributed by atoms with Crippen molar-refractivity contribution >= 4 is 22.5 Å². The SMILES string of the molecule is O=C1CCC(C(=O)c2ccc3ncccc3c2)C1. The lowest BCUT2D eigenvalue weighted by atomic mass is 9.95. The summed E-state index contributed by atoms with van der Waals surface area (Å²) in [6.07, 6.45) is 3.39. The molecule has 1 aliphatic carbocycles. The molecule has 0 bridgehead atoms. The average Bonchev–Trinajstić information content (AvgIpc) is 2.84. The number of benzene rings is 1. The highest BCUT2D eigenvalue weighted by Crippen LogP contribution is 2.26. The van der Waals surface area contributed by atoms with E-state index in [1.807, 2.05) is 24.3 Å². The molecule has 3 heteroatoms. The number of carbonyl (C=O) groups excluding carboxylic acids is 2. The molecule has 0 N–H and O–H groups in total. The van der Waals surface area contributed by atoms with E-state index in [1.54, 1.807) is 12.3 Å². The van der Waals surface area contributed by atoms with Gasteiger partial charge >= 0.3 is 0 Å². The summed E-state index contributed by atoms with van der Waals surface area (Å²) in [6, 6.07) is 9.34. The first-order chi connectivity index (χ1) is 8.74. The van der Waals surface area contributed by atoms with Gasteiger partial charge in [0, 0.05) is 35.9 Å². The van der Waals surface area contributed by atoms with E-state index in [0.717, 1.165) is 10.9 Å². The maximum atomic E-state index is 12.3. The van der Waals surface area contributed by atoms with E-state index < -0.39 is 0 Å². The second kappa shape index (κ2) is 4.33. The van der Waals surface area contributed by atoms with Gasteiger partial charge in [-0.15, -0.1) is 0 Å². The Morgan fingerprint density at radius 2 is 2.17 bits per heavy atom. The number of aromatic nitrogens is 1. The molecular formula is C15H13NO2. The lowest BCUT2D eigenvalue weighted by molar-refractivity contribution is -0.117. The zero-order valence-corrected chi connectivity index (χ0v) is 9.93. The van der Waals surface area contributed by atoms with Crippen molar-refractivity contribution in [3.05, 3.63) is 42.1 Å². The second-order valence-electron chi connectivity index (χ2n) is 4.75. The monoisotopic (exact) mass is 239 g/mol. The number of pyridine rings is 1. The molecule has 1 unspecified atom stereocenters. The molecule has 1 saturated carbocycles. The minimum absolute atomic E-state index is 0.0894. The van der Waals surface area contributed by atoms with E-state index in [4.69, 9.17) is 0 Å². The van der Waals surface area contributed by atoms with Crippen molar-refractivity contribution < 1.29 is 9.59 Å². The van der Waals surface area contributed by atoms with Gasteiger partial charge in [0.25, 0.3) is 0 Å². The molecule has 1 aliphatic rings. The van der Waals surface area contributed by atoms with Crippen molar-refractivity contribution in [2.75, 3.05) is 0 Å². The van der Waals surface area contributed by atoms with Gasteiger partial charge in [-0.25, -0.2) is 0 Å². The number of fused-ring (bicyclic) bond motifs is 1. The number of hydrogen-bond donors (Lipinski definition) is 0. The van der Waals surface area contributed by atoms with Gasteiger partial charge in [-0.2, -0.15) is 0 Å².